The van der Waals surface area contributed by atoms with Gasteiger partial charge in [-0.3, -0.25) is 0 Å². The maximum atomic E-state index is 12.1. The minimum absolute atomic E-state index is 0.255. The number of sulfonamides is 1. The molecule has 0 spiro atoms. The Morgan fingerprint density at radius 2 is 2.17 bits per heavy atom. The van der Waals surface area contributed by atoms with Crippen molar-refractivity contribution in [3.8, 4) is 0 Å². The summed E-state index contributed by atoms with van der Waals surface area (Å²) in [5, 5.41) is 1.76. The summed E-state index contributed by atoms with van der Waals surface area (Å²) in [5.74, 6) is 0.369. The summed E-state index contributed by atoms with van der Waals surface area (Å²) in [4.78, 5) is 1.02. The third-order valence-electron chi connectivity index (χ3n) is 3.08. The van der Waals surface area contributed by atoms with Gasteiger partial charge >= 0.3 is 0 Å². The van der Waals surface area contributed by atoms with Gasteiger partial charge in [0, 0.05) is 31.2 Å². The Morgan fingerprint density at radius 1 is 1.44 bits per heavy atom. The zero-order valence-electron chi connectivity index (χ0n) is 10.1. The van der Waals surface area contributed by atoms with Gasteiger partial charge in [0.15, 0.2) is 0 Å². The topological polar surface area (TPSA) is 81.4 Å². The molecule has 18 heavy (non-hydrogen) atoms. The Hall–Kier alpha value is -0.470. The Bertz CT molecular complexity index is 478. The van der Waals surface area contributed by atoms with Crippen LogP contribution in [0.1, 0.15) is 17.7 Å². The van der Waals surface area contributed by atoms with Gasteiger partial charge in [0.1, 0.15) is 0 Å². The van der Waals surface area contributed by atoms with Gasteiger partial charge in [-0.2, -0.15) is 0 Å². The van der Waals surface area contributed by atoms with Gasteiger partial charge in [0.2, 0.25) is 10.0 Å². The molecule has 5 nitrogen and oxygen atoms in total. The highest BCUT2D eigenvalue weighted by atomic mass is 32.2. The molecule has 0 radical (unpaired) electrons. The van der Waals surface area contributed by atoms with E-state index in [2.05, 4.69) is 4.72 Å². The molecular weight excluding hydrogens is 272 g/mol. The smallest absolute Gasteiger partial charge is 0.241 e. The lowest BCUT2D eigenvalue weighted by Crippen LogP contribution is -2.32. The molecule has 1 aliphatic rings. The number of nitrogens with two attached hydrogens (primary N) is 1. The molecule has 3 N–H and O–H groups in total. The number of hydrogen-bond acceptors (Lipinski definition) is 5. The summed E-state index contributed by atoms with van der Waals surface area (Å²) in [6.45, 7) is 2.18. The third kappa shape index (κ3) is 3.30. The predicted molar refractivity (Wildman–Crippen MR) is 70.9 cm³/mol. The highest BCUT2D eigenvalue weighted by molar-refractivity contribution is 7.89. The van der Waals surface area contributed by atoms with Gasteiger partial charge < -0.3 is 10.5 Å². The van der Waals surface area contributed by atoms with E-state index < -0.39 is 10.0 Å². The summed E-state index contributed by atoms with van der Waals surface area (Å²) in [5.41, 5.74) is 5.53. The van der Waals surface area contributed by atoms with Gasteiger partial charge in [0.05, 0.1) is 4.90 Å². The molecule has 1 aromatic rings. The fraction of sp³-hybridized carbons (Fsp3) is 0.636. The van der Waals surface area contributed by atoms with E-state index in [9.17, 15) is 8.42 Å². The Balaban J connectivity index is 1.99. The summed E-state index contributed by atoms with van der Waals surface area (Å²) < 4.78 is 32.2. The van der Waals surface area contributed by atoms with Gasteiger partial charge in [-0.05, 0) is 30.2 Å². The maximum Gasteiger partial charge on any atom is 0.241 e. The summed E-state index contributed by atoms with van der Waals surface area (Å²) in [7, 11) is -3.42. The molecule has 7 heteroatoms. The van der Waals surface area contributed by atoms with E-state index in [1.54, 1.807) is 11.4 Å². The van der Waals surface area contributed by atoms with E-state index in [1.165, 1.54) is 11.3 Å². The van der Waals surface area contributed by atoms with Crippen LogP contribution >= 0.6 is 11.3 Å². The van der Waals surface area contributed by atoms with Crippen molar-refractivity contribution in [3.63, 3.8) is 0 Å². The molecule has 0 aliphatic carbocycles. The van der Waals surface area contributed by atoms with E-state index in [-0.39, 0.29) is 6.54 Å². The van der Waals surface area contributed by atoms with Crippen molar-refractivity contribution in [2.24, 2.45) is 11.7 Å². The number of hydrogen-bond donors (Lipinski definition) is 2. The Morgan fingerprint density at radius 3 is 2.83 bits per heavy atom. The van der Waals surface area contributed by atoms with Crippen LogP contribution in [0.15, 0.2) is 16.3 Å². The van der Waals surface area contributed by atoms with Gasteiger partial charge in [0.25, 0.3) is 0 Å². The van der Waals surface area contributed by atoms with Crippen LogP contribution in [0, 0.1) is 5.92 Å². The summed E-state index contributed by atoms with van der Waals surface area (Å²) in [6, 6.07) is 1.61. The second kappa shape index (κ2) is 6.12. The van der Waals surface area contributed by atoms with Crippen molar-refractivity contribution in [1.82, 2.24) is 4.72 Å². The SMILES string of the molecule is NCc1sccc1S(=O)(=O)NCC1CCOCC1. The van der Waals surface area contributed by atoms with Gasteiger partial charge in [-0.25, -0.2) is 13.1 Å². The van der Waals surface area contributed by atoms with Gasteiger partial charge in [-0.1, -0.05) is 0 Å². The molecule has 0 bridgehead atoms. The van der Waals surface area contributed by atoms with Crippen molar-refractivity contribution in [3.05, 3.63) is 16.3 Å². The van der Waals surface area contributed by atoms with E-state index in [0.29, 0.717) is 22.2 Å². The van der Waals surface area contributed by atoms with Crippen molar-refractivity contribution in [2.75, 3.05) is 19.8 Å². The monoisotopic (exact) mass is 290 g/mol. The number of rotatable bonds is 5. The van der Waals surface area contributed by atoms with Crippen LogP contribution in [0.25, 0.3) is 0 Å². The number of ether oxygens (including phenoxy) is 1. The van der Waals surface area contributed by atoms with Crippen LogP contribution < -0.4 is 10.5 Å². The fourth-order valence-electron chi connectivity index (χ4n) is 1.97. The molecule has 1 fully saturated rings. The molecular formula is C11H18N2O3S2. The second-order valence-corrected chi connectivity index (χ2v) is 7.06. The number of thiophene rings is 1. The van der Waals surface area contributed by atoms with Crippen molar-refractivity contribution < 1.29 is 13.2 Å². The first kappa shape index (κ1) is 14.0. The van der Waals surface area contributed by atoms with Crippen molar-refractivity contribution in [1.29, 1.82) is 0 Å². The molecule has 2 heterocycles. The lowest BCUT2D eigenvalue weighted by atomic mass is 10.0. The van der Waals surface area contributed by atoms with E-state index in [4.69, 9.17) is 10.5 Å². The lowest BCUT2D eigenvalue weighted by molar-refractivity contribution is 0.0678. The van der Waals surface area contributed by atoms with Crippen LogP contribution in [-0.2, 0) is 21.3 Å². The normalized spacial score (nSPS) is 18.1. The fourth-order valence-corrected chi connectivity index (χ4v) is 4.42. The van der Waals surface area contributed by atoms with Crippen LogP contribution in [0.2, 0.25) is 0 Å². The van der Waals surface area contributed by atoms with Crippen LogP contribution in [0.5, 0.6) is 0 Å². The highest BCUT2D eigenvalue weighted by Crippen LogP contribution is 2.22. The zero-order valence-corrected chi connectivity index (χ0v) is 11.7. The first-order valence-electron chi connectivity index (χ1n) is 5.97. The van der Waals surface area contributed by atoms with Crippen LogP contribution in [-0.4, -0.2) is 28.2 Å². The Labute approximate surface area is 111 Å². The molecule has 2 rings (SSSR count). The lowest BCUT2D eigenvalue weighted by Gasteiger charge is -2.22. The molecule has 0 unspecified atom stereocenters. The standard InChI is InChI=1S/C11H18N2O3S2/c12-7-10-11(3-6-17-10)18(14,15)13-8-9-1-4-16-5-2-9/h3,6,9,13H,1-2,4-5,7-8,12H2. The average Bonchev–Trinajstić information content (AvgIpc) is 2.87. The predicted octanol–water partition coefficient (Wildman–Crippen LogP) is 0.912. The molecule has 0 saturated carbocycles. The van der Waals surface area contributed by atoms with E-state index in [1.807, 2.05) is 0 Å². The first-order valence-corrected chi connectivity index (χ1v) is 8.33. The minimum atomic E-state index is -3.42. The minimum Gasteiger partial charge on any atom is -0.381 e. The van der Waals surface area contributed by atoms with Crippen LogP contribution in [0.4, 0.5) is 0 Å². The molecule has 0 atom stereocenters. The van der Waals surface area contributed by atoms with E-state index >= 15 is 0 Å². The van der Waals surface area contributed by atoms with Crippen molar-refractivity contribution in [2.45, 2.75) is 24.3 Å². The average molecular weight is 290 g/mol. The maximum absolute atomic E-state index is 12.1. The van der Waals surface area contributed by atoms with Gasteiger partial charge in [-0.15, -0.1) is 11.3 Å². The van der Waals surface area contributed by atoms with Crippen LogP contribution in [0.3, 0.4) is 0 Å². The van der Waals surface area contributed by atoms with Crippen molar-refractivity contribution >= 4 is 21.4 Å². The van der Waals surface area contributed by atoms with E-state index in [0.717, 1.165) is 26.1 Å². The largest absolute Gasteiger partial charge is 0.381 e. The molecule has 1 saturated heterocycles. The summed E-state index contributed by atoms with van der Waals surface area (Å²) in [6.07, 6.45) is 1.83. The second-order valence-electron chi connectivity index (χ2n) is 4.32. The summed E-state index contributed by atoms with van der Waals surface area (Å²) >= 11 is 1.37. The quantitative estimate of drug-likeness (QED) is 0.844. The number of nitrogens with one attached hydrogen (secondary N) is 1. The third-order valence-corrected chi connectivity index (χ3v) is 5.66. The Kier molecular flexibility index (Phi) is 4.74. The molecule has 0 amide bonds. The molecule has 102 valence electrons. The first-order chi connectivity index (χ1) is 8.63. The molecule has 0 aromatic carbocycles. The highest BCUT2D eigenvalue weighted by Gasteiger charge is 2.21. The zero-order chi connectivity index (χ0) is 13.0. The molecule has 1 aliphatic heterocycles. The molecule has 1 aromatic heterocycles.